The number of nitrogens with zero attached hydrogens (tertiary/aromatic N) is 4. The van der Waals surface area contributed by atoms with Crippen molar-refractivity contribution in [3.63, 3.8) is 0 Å². The Kier molecular flexibility index (Phi) is 2.31. The molecule has 5 heteroatoms. The molecule has 2 aromatic heterocycles. The molecule has 2 rings (SSSR count). The highest BCUT2D eigenvalue weighted by atomic mass is 15.0. The third-order valence-corrected chi connectivity index (χ3v) is 1.78. The maximum Gasteiger partial charge on any atom is 0.129 e. The van der Waals surface area contributed by atoms with Crippen LogP contribution in [0.1, 0.15) is 0 Å². The van der Waals surface area contributed by atoms with E-state index < -0.39 is 0 Å². The molecule has 0 bridgehead atoms. The van der Waals surface area contributed by atoms with Gasteiger partial charge in [-0.3, -0.25) is 0 Å². The molecule has 0 aromatic carbocycles. The Bertz CT molecular complexity index is 415. The third-order valence-electron chi connectivity index (χ3n) is 1.78. The first-order chi connectivity index (χ1) is 6.90. The zero-order chi connectivity index (χ0) is 9.80. The minimum atomic E-state index is 0.777. The van der Waals surface area contributed by atoms with Crippen LogP contribution in [0.25, 0.3) is 11.3 Å². The molecule has 2 heterocycles. The maximum absolute atomic E-state index is 4.13. The van der Waals surface area contributed by atoms with Gasteiger partial charge in [-0.1, -0.05) is 0 Å². The predicted molar refractivity (Wildman–Crippen MR) is 52.6 cm³/mol. The van der Waals surface area contributed by atoms with Crippen LogP contribution in [0.15, 0.2) is 31.1 Å². The lowest BCUT2D eigenvalue weighted by Crippen LogP contribution is -1.94. The molecule has 5 nitrogen and oxygen atoms in total. The lowest BCUT2D eigenvalue weighted by Gasteiger charge is -2.01. The molecule has 0 aliphatic carbocycles. The molecule has 0 saturated carbocycles. The van der Waals surface area contributed by atoms with Crippen LogP contribution in [0.4, 0.5) is 5.82 Å². The van der Waals surface area contributed by atoms with Gasteiger partial charge in [0.05, 0.1) is 5.69 Å². The third kappa shape index (κ3) is 1.66. The van der Waals surface area contributed by atoms with Crippen molar-refractivity contribution in [2.75, 3.05) is 12.4 Å². The van der Waals surface area contributed by atoms with Crippen LogP contribution in [0.2, 0.25) is 0 Å². The van der Waals surface area contributed by atoms with Crippen molar-refractivity contribution in [2.24, 2.45) is 0 Å². The van der Waals surface area contributed by atoms with E-state index in [1.807, 2.05) is 13.1 Å². The fourth-order valence-corrected chi connectivity index (χ4v) is 1.08. The van der Waals surface area contributed by atoms with Crippen LogP contribution in [0.3, 0.4) is 0 Å². The second kappa shape index (κ2) is 3.78. The summed E-state index contributed by atoms with van der Waals surface area (Å²) in [6.45, 7) is 0. The van der Waals surface area contributed by atoms with E-state index in [0.29, 0.717) is 0 Å². The van der Waals surface area contributed by atoms with Crippen molar-refractivity contribution in [2.45, 2.75) is 0 Å². The first-order valence-electron chi connectivity index (χ1n) is 4.15. The summed E-state index contributed by atoms with van der Waals surface area (Å²) in [6, 6.07) is 1.85. The molecule has 70 valence electrons. The molecule has 0 aliphatic heterocycles. The highest BCUT2D eigenvalue weighted by molar-refractivity contribution is 5.59. The zero-order valence-corrected chi connectivity index (χ0v) is 7.68. The Hall–Kier alpha value is -2.04. The van der Waals surface area contributed by atoms with Crippen LogP contribution in [0.5, 0.6) is 0 Å². The average Bonchev–Trinajstić information content (AvgIpc) is 2.30. The van der Waals surface area contributed by atoms with Gasteiger partial charge in [-0.15, -0.1) is 0 Å². The van der Waals surface area contributed by atoms with E-state index in [9.17, 15) is 0 Å². The lowest BCUT2D eigenvalue weighted by molar-refractivity contribution is 1.13. The molecule has 14 heavy (non-hydrogen) atoms. The largest absolute Gasteiger partial charge is 0.373 e. The number of rotatable bonds is 2. The first kappa shape index (κ1) is 8.55. The Morgan fingerprint density at radius 1 is 1.07 bits per heavy atom. The molecule has 0 saturated heterocycles. The standard InChI is InChI=1S/C9H9N5/c1-10-9-2-8(13-6-14-9)7-3-11-5-12-4-7/h2-6H,1H3,(H,10,13,14). The van der Waals surface area contributed by atoms with Crippen molar-refractivity contribution in [3.8, 4) is 11.3 Å². The van der Waals surface area contributed by atoms with Gasteiger partial charge >= 0.3 is 0 Å². The summed E-state index contributed by atoms with van der Waals surface area (Å²) in [5, 5.41) is 2.95. The molecular weight excluding hydrogens is 178 g/mol. The minimum absolute atomic E-state index is 0.777. The van der Waals surface area contributed by atoms with Crippen LogP contribution >= 0.6 is 0 Å². The highest BCUT2D eigenvalue weighted by Gasteiger charge is 2.00. The van der Waals surface area contributed by atoms with Gasteiger partial charge in [-0.2, -0.15) is 0 Å². The normalized spacial score (nSPS) is 9.79. The summed E-state index contributed by atoms with van der Waals surface area (Å²) in [5.74, 6) is 0.777. The number of aromatic nitrogens is 4. The average molecular weight is 187 g/mol. The van der Waals surface area contributed by atoms with E-state index in [4.69, 9.17) is 0 Å². The SMILES string of the molecule is CNc1cc(-c2cncnc2)ncn1. The smallest absolute Gasteiger partial charge is 0.129 e. The molecular formula is C9H9N5. The summed E-state index contributed by atoms with van der Waals surface area (Å²) in [4.78, 5) is 16.0. The van der Waals surface area contributed by atoms with Gasteiger partial charge in [0, 0.05) is 31.1 Å². The molecule has 1 N–H and O–H groups in total. The second-order valence-electron chi connectivity index (χ2n) is 2.67. The number of hydrogen-bond donors (Lipinski definition) is 1. The molecule has 0 spiro atoms. The highest BCUT2D eigenvalue weighted by Crippen LogP contribution is 2.15. The van der Waals surface area contributed by atoms with Crippen LogP contribution in [-0.4, -0.2) is 27.0 Å². The number of nitrogens with one attached hydrogen (secondary N) is 1. The quantitative estimate of drug-likeness (QED) is 0.759. The lowest BCUT2D eigenvalue weighted by atomic mass is 10.2. The fraction of sp³-hybridized carbons (Fsp3) is 0.111. The van der Waals surface area contributed by atoms with Gasteiger partial charge in [0.15, 0.2) is 0 Å². The Morgan fingerprint density at radius 2 is 1.86 bits per heavy atom. The van der Waals surface area contributed by atoms with Crippen LogP contribution in [-0.2, 0) is 0 Å². The summed E-state index contributed by atoms with van der Waals surface area (Å²) >= 11 is 0. The van der Waals surface area contributed by atoms with Gasteiger partial charge in [0.25, 0.3) is 0 Å². The van der Waals surface area contributed by atoms with Crippen LogP contribution in [0, 0.1) is 0 Å². The predicted octanol–water partition coefficient (Wildman–Crippen LogP) is 0.975. The summed E-state index contributed by atoms with van der Waals surface area (Å²) in [7, 11) is 1.81. The summed E-state index contributed by atoms with van der Waals surface area (Å²) < 4.78 is 0. The van der Waals surface area contributed by atoms with Crippen molar-refractivity contribution in [1.82, 2.24) is 19.9 Å². The molecule has 0 amide bonds. The maximum atomic E-state index is 4.13. The monoisotopic (exact) mass is 187 g/mol. The van der Waals surface area contributed by atoms with Gasteiger partial charge < -0.3 is 5.32 Å². The van der Waals surface area contributed by atoms with E-state index >= 15 is 0 Å². The van der Waals surface area contributed by atoms with E-state index in [-0.39, 0.29) is 0 Å². The molecule has 0 atom stereocenters. The topological polar surface area (TPSA) is 63.6 Å². The molecule has 0 aliphatic rings. The van der Waals surface area contributed by atoms with E-state index in [1.165, 1.54) is 12.7 Å². The number of anilines is 1. The minimum Gasteiger partial charge on any atom is -0.373 e. The fourth-order valence-electron chi connectivity index (χ4n) is 1.08. The van der Waals surface area contributed by atoms with Crippen molar-refractivity contribution in [3.05, 3.63) is 31.1 Å². The van der Waals surface area contributed by atoms with Gasteiger partial charge in [-0.25, -0.2) is 19.9 Å². The Balaban J connectivity index is 2.42. The summed E-state index contributed by atoms with van der Waals surface area (Å²) in [6.07, 6.45) is 6.43. The van der Waals surface area contributed by atoms with Gasteiger partial charge in [0.2, 0.25) is 0 Å². The molecule has 0 unspecified atom stereocenters. The van der Waals surface area contributed by atoms with Gasteiger partial charge in [-0.05, 0) is 0 Å². The van der Waals surface area contributed by atoms with Crippen molar-refractivity contribution in [1.29, 1.82) is 0 Å². The first-order valence-corrected chi connectivity index (χ1v) is 4.15. The van der Waals surface area contributed by atoms with E-state index in [0.717, 1.165) is 17.1 Å². The molecule has 0 radical (unpaired) electrons. The van der Waals surface area contributed by atoms with E-state index in [2.05, 4.69) is 25.3 Å². The van der Waals surface area contributed by atoms with Gasteiger partial charge in [0.1, 0.15) is 18.5 Å². The van der Waals surface area contributed by atoms with E-state index in [1.54, 1.807) is 12.4 Å². The number of hydrogen-bond acceptors (Lipinski definition) is 5. The Labute approximate surface area is 81.3 Å². The zero-order valence-electron chi connectivity index (χ0n) is 7.68. The van der Waals surface area contributed by atoms with Crippen LogP contribution < -0.4 is 5.32 Å². The Morgan fingerprint density at radius 3 is 2.57 bits per heavy atom. The second-order valence-corrected chi connectivity index (χ2v) is 2.67. The summed E-state index contributed by atoms with van der Waals surface area (Å²) in [5.41, 5.74) is 1.69. The molecule has 0 fully saturated rings. The molecule has 2 aromatic rings. The van der Waals surface area contributed by atoms with Crippen molar-refractivity contribution < 1.29 is 0 Å². The van der Waals surface area contributed by atoms with Crippen molar-refractivity contribution >= 4 is 5.82 Å².